The normalized spacial score (nSPS) is 15.9. The quantitative estimate of drug-likeness (QED) is 0.597. The Bertz CT molecular complexity index is 321. The highest BCUT2D eigenvalue weighted by Crippen LogP contribution is 2.22. The largest absolute Gasteiger partial charge is 0.0850 e. The van der Waals surface area contributed by atoms with Gasteiger partial charge in [-0.05, 0) is 43.7 Å². The molecule has 0 unspecified atom stereocenters. The zero-order valence-electron chi connectivity index (χ0n) is 8.22. The molecule has 0 saturated heterocycles. The van der Waals surface area contributed by atoms with Crippen LogP contribution in [-0.2, 0) is 6.42 Å². The second-order valence-corrected chi connectivity index (χ2v) is 3.86. The molecule has 68 valence electrons. The summed E-state index contributed by atoms with van der Waals surface area (Å²) in [6.07, 6.45) is 7.55. The molecule has 13 heavy (non-hydrogen) atoms. The van der Waals surface area contributed by atoms with Gasteiger partial charge in [-0.25, -0.2) is 0 Å². The zero-order chi connectivity index (χ0) is 9.10. The van der Waals surface area contributed by atoms with E-state index in [0.717, 1.165) is 0 Å². The molecule has 0 fully saturated rings. The Morgan fingerprint density at radius 1 is 1.23 bits per heavy atom. The van der Waals surface area contributed by atoms with Gasteiger partial charge in [0.15, 0.2) is 0 Å². The molecule has 0 heterocycles. The lowest BCUT2D eigenvalue weighted by atomic mass is 10.0. The van der Waals surface area contributed by atoms with Crippen LogP contribution in [0.3, 0.4) is 0 Å². The van der Waals surface area contributed by atoms with Gasteiger partial charge in [-0.1, -0.05) is 35.9 Å². The maximum absolute atomic E-state index is 2.41. The van der Waals surface area contributed by atoms with Gasteiger partial charge in [0.05, 0.1) is 0 Å². The van der Waals surface area contributed by atoms with Crippen molar-refractivity contribution in [2.45, 2.75) is 32.6 Å². The zero-order valence-corrected chi connectivity index (χ0v) is 8.22. The Labute approximate surface area is 80.3 Å². The summed E-state index contributed by atoms with van der Waals surface area (Å²) in [5, 5.41) is 0. The summed E-state index contributed by atoms with van der Waals surface area (Å²) >= 11 is 0. The number of benzene rings is 1. The summed E-state index contributed by atoms with van der Waals surface area (Å²) in [6, 6.07) is 8.69. The molecule has 1 aliphatic rings. The van der Waals surface area contributed by atoms with E-state index in [-0.39, 0.29) is 0 Å². The van der Waals surface area contributed by atoms with Crippen LogP contribution in [0.5, 0.6) is 0 Å². The maximum atomic E-state index is 2.41. The van der Waals surface area contributed by atoms with Crippen LogP contribution in [0.1, 0.15) is 30.4 Å². The number of hydrogen-bond acceptors (Lipinski definition) is 0. The van der Waals surface area contributed by atoms with Gasteiger partial charge in [-0.3, -0.25) is 0 Å². The van der Waals surface area contributed by atoms with Crippen molar-refractivity contribution in [3.63, 3.8) is 0 Å². The number of rotatable bonds is 2. The summed E-state index contributed by atoms with van der Waals surface area (Å²) in [5.41, 5.74) is 4.56. The van der Waals surface area contributed by atoms with Crippen LogP contribution < -0.4 is 0 Å². The molecule has 0 amide bonds. The van der Waals surface area contributed by atoms with E-state index in [1.165, 1.54) is 36.8 Å². The Kier molecular flexibility index (Phi) is 2.49. The van der Waals surface area contributed by atoms with E-state index >= 15 is 0 Å². The van der Waals surface area contributed by atoms with E-state index in [1.807, 2.05) is 0 Å². The van der Waals surface area contributed by atoms with Crippen molar-refractivity contribution < 1.29 is 0 Å². The van der Waals surface area contributed by atoms with Gasteiger partial charge in [0.2, 0.25) is 0 Å². The smallest absolute Gasteiger partial charge is 0.00645 e. The van der Waals surface area contributed by atoms with Gasteiger partial charge < -0.3 is 0 Å². The molecule has 1 aromatic rings. The molecular weight excluding hydrogens is 156 g/mol. The Morgan fingerprint density at radius 3 is 2.77 bits per heavy atom. The summed E-state index contributed by atoms with van der Waals surface area (Å²) < 4.78 is 0. The first-order chi connectivity index (χ1) is 6.36. The first-order valence-corrected chi connectivity index (χ1v) is 5.08. The summed E-state index contributed by atoms with van der Waals surface area (Å²) in [4.78, 5) is 0. The second kappa shape index (κ2) is 3.78. The summed E-state index contributed by atoms with van der Waals surface area (Å²) in [7, 11) is 0. The number of aryl methyl sites for hydroxylation is 1. The molecule has 0 N–H and O–H groups in total. The van der Waals surface area contributed by atoms with E-state index in [4.69, 9.17) is 0 Å². The average molecular weight is 172 g/mol. The molecule has 0 saturated carbocycles. The van der Waals surface area contributed by atoms with Gasteiger partial charge in [-0.2, -0.15) is 0 Å². The van der Waals surface area contributed by atoms with Crippen LogP contribution in [-0.4, -0.2) is 0 Å². The second-order valence-electron chi connectivity index (χ2n) is 3.86. The van der Waals surface area contributed by atoms with Gasteiger partial charge in [0.25, 0.3) is 0 Å². The first kappa shape index (κ1) is 8.55. The highest BCUT2D eigenvalue weighted by Gasteiger charge is 2.06. The van der Waals surface area contributed by atoms with Gasteiger partial charge in [0.1, 0.15) is 0 Å². The van der Waals surface area contributed by atoms with Gasteiger partial charge in [0, 0.05) is 0 Å². The van der Waals surface area contributed by atoms with E-state index in [0.29, 0.717) is 0 Å². The molecule has 1 aromatic carbocycles. The molecule has 2 rings (SSSR count). The van der Waals surface area contributed by atoms with E-state index < -0.39 is 0 Å². The minimum atomic E-state index is 1.17. The van der Waals surface area contributed by atoms with Crippen molar-refractivity contribution in [2.75, 3.05) is 0 Å². The molecule has 0 aromatic heterocycles. The lowest BCUT2D eigenvalue weighted by Crippen LogP contribution is -1.90. The van der Waals surface area contributed by atoms with Crippen LogP contribution in [0.4, 0.5) is 0 Å². The fourth-order valence-electron chi connectivity index (χ4n) is 1.95. The first-order valence-electron chi connectivity index (χ1n) is 5.08. The lowest BCUT2D eigenvalue weighted by molar-refractivity contribution is 0.886. The predicted octanol–water partition coefficient (Wildman–Crippen LogP) is 3.65. The predicted molar refractivity (Wildman–Crippen MR) is 56.8 cm³/mol. The van der Waals surface area contributed by atoms with Crippen molar-refractivity contribution >= 4 is 0 Å². The molecule has 1 aliphatic carbocycles. The SMILES string of the molecule is Cc1ccccc1CC1=CCCC1. The van der Waals surface area contributed by atoms with E-state index in [9.17, 15) is 0 Å². The van der Waals surface area contributed by atoms with Crippen LogP contribution in [0.2, 0.25) is 0 Å². The van der Waals surface area contributed by atoms with Crippen molar-refractivity contribution in [1.29, 1.82) is 0 Å². The highest BCUT2D eigenvalue weighted by molar-refractivity contribution is 5.30. The molecule has 0 radical (unpaired) electrons. The third-order valence-electron chi connectivity index (χ3n) is 2.81. The standard InChI is InChI=1S/C13H16/c1-11-6-2-5-9-13(11)10-12-7-3-4-8-12/h2,5-7,9H,3-4,8,10H2,1H3. The van der Waals surface area contributed by atoms with Gasteiger partial charge >= 0.3 is 0 Å². The van der Waals surface area contributed by atoms with E-state index in [2.05, 4.69) is 37.3 Å². The Balaban J connectivity index is 2.13. The van der Waals surface area contributed by atoms with Crippen molar-refractivity contribution in [3.05, 3.63) is 47.0 Å². The van der Waals surface area contributed by atoms with Crippen molar-refractivity contribution in [1.82, 2.24) is 0 Å². The third-order valence-corrected chi connectivity index (χ3v) is 2.81. The van der Waals surface area contributed by atoms with Crippen molar-refractivity contribution in [3.8, 4) is 0 Å². The van der Waals surface area contributed by atoms with Gasteiger partial charge in [-0.15, -0.1) is 0 Å². The molecule has 0 bridgehead atoms. The maximum Gasteiger partial charge on any atom is -0.00645 e. The number of allylic oxidation sites excluding steroid dienone is 2. The fraction of sp³-hybridized carbons (Fsp3) is 0.385. The molecule has 0 spiro atoms. The Hall–Kier alpha value is -1.04. The summed E-state index contributed by atoms with van der Waals surface area (Å²) in [6.45, 7) is 2.20. The minimum Gasteiger partial charge on any atom is -0.0850 e. The minimum absolute atomic E-state index is 1.17. The molecule has 0 nitrogen and oxygen atoms in total. The molecule has 0 atom stereocenters. The monoisotopic (exact) mass is 172 g/mol. The van der Waals surface area contributed by atoms with Crippen LogP contribution in [0, 0.1) is 6.92 Å². The molecule has 0 aliphatic heterocycles. The van der Waals surface area contributed by atoms with E-state index in [1.54, 1.807) is 5.57 Å². The summed E-state index contributed by atoms with van der Waals surface area (Å²) in [5.74, 6) is 0. The fourth-order valence-corrected chi connectivity index (χ4v) is 1.95. The van der Waals surface area contributed by atoms with Crippen LogP contribution >= 0.6 is 0 Å². The molecular formula is C13H16. The average Bonchev–Trinajstić information content (AvgIpc) is 2.61. The topological polar surface area (TPSA) is 0 Å². The molecule has 0 heteroatoms. The third kappa shape index (κ3) is 2.00. The number of hydrogen-bond donors (Lipinski definition) is 0. The van der Waals surface area contributed by atoms with Crippen LogP contribution in [0.25, 0.3) is 0 Å². The highest BCUT2D eigenvalue weighted by atomic mass is 14.1. The van der Waals surface area contributed by atoms with Crippen molar-refractivity contribution in [2.24, 2.45) is 0 Å². The Morgan fingerprint density at radius 2 is 2.08 bits per heavy atom. The van der Waals surface area contributed by atoms with Crippen LogP contribution in [0.15, 0.2) is 35.9 Å². The lowest BCUT2D eigenvalue weighted by Gasteiger charge is -2.05.